The van der Waals surface area contributed by atoms with Crippen molar-refractivity contribution in [2.24, 2.45) is 0 Å². The van der Waals surface area contributed by atoms with Crippen LogP contribution in [0.4, 0.5) is 5.82 Å². The zero-order valence-corrected chi connectivity index (χ0v) is 22.5. The van der Waals surface area contributed by atoms with Gasteiger partial charge in [0.25, 0.3) is 0 Å². The van der Waals surface area contributed by atoms with Crippen molar-refractivity contribution in [1.82, 2.24) is 9.55 Å². The van der Waals surface area contributed by atoms with Gasteiger partial charge in [-0.25, -0.2) is 9.36 Å². The Morgan fingerprint density at radius 1 is 1.34 bits per heavy atom. The molecular weight excluding hydrogens is 513 g/mol. The number of ether oxygens (including phenoxy) is 1. The van der Waals surface area contributed by atoms with Crippen LogP contribution in [0.2, 0.25) is 0 Å². The Kier molecular flexibility index (Phi) is 7.76. The van der Waals surface area contributed by atoms with Crippen LogP contribution in [-0.2, 0) is 29.3 Å². The van der Waals surface area contributed by atoms with Gasteiger partial charge in [0.15, 0.2) is 6.23 Å². The maximum atomic E-state index is 13.2. The summed E-state index contributed by atoms with van der Waals surface area (Å²) in [5.74, 6) is 0.0516. The van der Waals surface area contributed by atoms with Crippen LogP contribution in [0.3, 0.4) is 0 Å². The fourth-order valence-corrected chi connectivity index (χ4v) is 7.50. The smallest absolute Gasteiger partial charge is 0.383 e. The van der Waals surface area contributed by atoms with Gasteiger partial charge in [0, 0.05) is 15.8 Å². The van der Waals surface area contributed by atoms with E-state index in [2.05, 4.69) is 25.8 Å². The van der Waals surface area contributed by atoms with Gasteiger partial charge in [-0.2, -0.15) is 4.98 Å². The number of hydrogen-bond acceptors (Lipinski definition) is 11. The number of benzene rings is 1. The van der Waals surface area contributed by atoms with Gasteiger partial charge in [-0.15, -0.1) is 0 Å². The van der Waals surface area contributed by atoms with Crippen LogP contribution in [0.5, 0.6) is 0 Å². The van der Waals surface area contributed by atoms with E-state index < -0.39 is 37.5 Å². The standard InChI is InChI=1S/C22H30N3O7PS2/c1-21(2,3)35-34-16-8-6-5-7-14(16)10-12-29-33(28)30-13-15-18(32-33)22(4,27)19(31-15)25-11-9-17(23)24-20(25)26/h5-9,11,15,18-19,27H,10,12-13H2,1-4H3,(H2,23,24,26)/t15-,18-,19-,22-,33?/m1/s1. The molecule has 1 aromatic heterocycles. The number of anilines is 1. The Bertz CT molecular complexity index is 1170. The van der Waals surface area contributed by atoms with Crippen molar-refractivity contribution in [3.63, 3.8) is 0 Å². The average molecular weight is 544 g/mol. The molecule has 2 aromatic rings. The van der Waals surface area contributed by atoms with E-state index in [1.165, 1.54) is 19.2 Å². The lowest BCUT2D eigenvalue weighted by molar-refractivity contribution is -0.0940. The molecule has 0 aliphatic carbocycles. The lowest BCUT2D eigenvalue weighted by Gasteiger charge is -2.35. The number of aromatic nitrogens is 2. The number of aliphatic hydroxyl groups is 1. The van der Waals surface area contributed by atoms with E-state index in [1.807, 2.05) is 24.3 Å². The van der Waals surface area contributed by atoms with Gasteiger partial charge < -0.3 is 15.6 Å². The topological polar surface area (TPSA) is 135 Å². The lowest BCUT2D eigenvalue weighted by atomic mass is 9.96. The van der Waals surface area contributed by atoms with Crippen LogP contribution in [0.1, 0.15) is 39.5 Å². The van der Waals surface area contributed by atoms with Gasteiger partial charge in [0.05, 0.1) is 13.2 Å². The summed E-state index contributed by atoms with van der Waals surface area (Å²) in [5, 5.41) is 11.2. The molecule has 0 radical (unpaired) electrons. The third kappa shape index (κ3) is 6.14. The Hall–Kier alpha value is -1.37. The molecule has 0 bridgehead atoms. The van der Waals surface area contributed by atoms with Crippen molar-refractivity contribution in [1.29, 1.82) is 0 Å². The lowest BCUT2D eigenvalue weighted by Crippen LogP contribution is -2.49. The molecule has 192 valence electrons. The molecule has 4 rings (SSSR count). The first-order valence-corrected chi connectivity index (χ1v) is 14.7. The number of phosphoric ester groups is 1. The molecule has 13 heteroatoms. The number of phosphoric acid groups is 1. The third-order valence-corrected chi connectivity index (χ3v) is 10.3. The molecule has 2 aliphatic rings. The summed E-state index contributed by atoms with van der Waals surface area (Å²) in [6.07, 6.45) is -1.04. The van der Waals surface area contributed by atoms with Crippen molar-refractivity contribution >= 4 is 35.2 Å². The van der Waals surface area contributed by atoms with Crippen LogP contribution in [0.15, 0.2) is 46.2 Å². The van der Waals surface area contributed by atoms with Gasteiger partial charge in [-0.1, -0.05) is 60.6 Å². The van der Waals surface area contributed by atoms with E-state index in [9.17, 15) is 14.5 Å². The van der Waals surface area contributed by atoms with E-state index >= 15 is 0 Å². The average Bonchev–Trinajstić information content (AvgIpc) is 3.02. The van der Waals surface area contributed by atoms with Crippen LogP contribution >= 0.6 is 29.4 Å². The number of nitrogen functional groups attached to an aromatic ring is 1. The first kappa shape index (κ1) is 26.7. The first-order valence-electron chi connectivity index (χ1n) is 11.1. The van der Waals surface area contributed by atoms with E-state index in [-0.39, 0.29) is 23.8 Å². The summed E-state index contributed by atoms with van der Waals surface area (Å²) in [4.78, 5) is 17.1. The summed E-state index contributed by atoms with van der Waals surface area (Å²) >= 11 is 0. The molecule has 10 nitrogen and oxygen atoms in total. The normalized spacial score (nSPS) is 30.8. The Morgan fingerprint density at radius 3 is 2.80 bits per heavy atom. The van der Waals surface area contributed by atoms with Gasteiger partial charge in [0.2, 0.25) is 0 Å². The van der Waals surface area contributed by atoms with Crippen molar-refractivity contribution in [2.45, 2.75) is 67.8 Å². The zero-order chi connectivity index (χ0) is 25.4. The minimum absolute atomic E-state index is 0.0516. The molecule has 3 N–H and O–H groups in total. The van der Waals surface area contributed by atoms with E-state index in [0.29, 0.717) is 6.42 Å². The van der Waals surface area contributed by atoms with Gasteiger partial charge in [0.1, 0.15) is 23.6 Å². The third-order valence-electron chi connectivity index (χ3n) is 5.44. The number of nitrogens with zero attached hydrogens (tertiary/aromatic N) is 2. The summed E-state index contributed by atoms with van der Waals surface area (Å²) < 4.78 is 36.9. The highest BCUT2D eigenvalue weighted by molar-refractivity contribution is 8.77. The van der Waals surface area contributed by atoms with Crippen LogP contribution < -0.4 is 11.4 Å². The van der Waals surface area contributed by atoms with Crippen molar-refractivity contribution in [3.8, 4) is 0 Å². The monoisotopic (exact) mass is 543 g/mol. The number of nitrogens with two attached hydrogens (primary N) is 1. The van der Waals surface area contributed by atoms with E-state index in [1.54, 1.807) is 21.6 Å². The molecule has 2 fully saturated rings. The molecule has 2 aliphatic heterocycles. The maximum Gasteiger partial charge on any atom is 0.475 e. The first-order chi connectivity index (χ1) is 16.4. The fourth-order valence-electron chi connectivity index (χ4n) is 3.78. The van der Waals surface area contributed by atoms with Crippen molar-refractivity contribution in [3.05, 3.63) is 52.6 Å². The quantitative estimate of drug-likeness (QED) is 0.390. The van der Waals surface area contributed by atoms with Crippen LogP contribution in [0, 0.1) is 0 Å². The fraction of sp³-hybridized carbons (Fsp3) is 0.545. The molecule has 2 saturated heterocycles. The highest BCUT2D eigenvalue weighted by Gasteiger charge is 2.60. The van der Waals surface area contributed by atoms with Gasteiger partial charge >= 0.3 is 13.5 Å². The predicted octanol–water partition coefficient (Wildman–Crippen LogP) is 3.80. The molecule has 1 unspecified atom stereocenters. The summed E-state index contributed by atoms with van der Waals surface area (Å²) in [7, 11) is -0.513. The molecule has 0 amide bonds. The molecule has 0 saturated carbocycles. The van der Waals surface area contributed by atoms with Gasteiger partial charge in [-0.05, 0) is 31.0 Å². The number of rotatable bonds is 7. The molecule has 0 spiro atoms. The number of fused-ring (bicyclic) bond motifs is 1. The van der Waals surface area contributed by atoms with Crippen LogP contribution in [-0.4, -0.2) is 50.4 Å². The second-order valence-corrected chi connectivity index (χ2v) is 14.2. The van der Waals surface area contributed by atoms with Crippen LogP contribution in [0.25, 0.3) is 0 Å². The minimum Gasteiger partial charge on any atom is -0.383 e. The Balaban J connectivity index is 1.41. The molecule has 5 atom stereocenters. The van der Waals surface area contributed by atoms with E-state index in [4.69, 9.17) is 24.0 Å². The highest BCUT2D eigenvalue weighted by atomic mass is 33.1. The molecule has 3 heterocycles. The largest absolute Gasteiger partial charge is 0.475 e. The SMILES string of the molecule is CC(C)(C)SSc1ccccc1CCOP1(=O)OC[C@H]2O[C@@H](n3ccc(N)nc3=O)[C@](C)(O)[C@@H]2O1. The molecule has 1 aromatic carbocycles. The predicted molar refractivity (Wildman–Crippen MR) is 135 cm³/mol. The van der Waals surface area contributed by atoms with Crippen molar-refractivity contribution < 1.29 is 28.0 Å². The second kappa shape index (κ2) is 10.2. The van der Waals surface area contributed by atoms with Gasteiger partial charge in [-0.3, -0.25) is 18.1 Å². The second-order valence-electron chi connectivity index (χ2n) is 9.53. The van der Waals surface area contributed by atoms with E-state index in [0.717, 1.165) is 15.0 Å². The molecule has 35 heavy (non-hydrogen) atoms. The highest BCUT2D eigenvalue weighted by Crippen LogP contribution is 2.58. The molecular formula is C22H30N3O7PS2. The Morgan fingerprint density at radius 2 is 2.09 bits per heavy atom. The Labute approximate surface area is 211 Å². The maximum absolute atomic E-state index is 13.2. The number of hydrogen-bond donors (Lipinski definition) is 2. The van der Waals surface area contributed by atoms with Crippen molar-refractivity contribution in [2.75, 3.05) is 18.9 Å². The summed E-state index contributed by atoms with van der Waals surface area (Å²) in [5.41, 5.74) is 4.22. The summed E-state index contributed by atoms with van der Waals surface area (Å²) in [6.45, 7) is 7.88. The zero-order valence-electron chi connectivity index (χ0n) is 19.9. The summed E-state index contributed by atoms with van der Waals surface area (Å²) in [6, 6.07) is 9.39. The minimum atomic E-state index is -3.97.